The molecule has 4 heteroatoms. The number of ether oxygens (including phenoxy) is 1. The topological polar surface area (TPSA) is 44.1 Å². The third kappa shape index (κ3) is 2.23. The predicted molar refractivity (Wildman–Crippen MR) is 70.7 cm³/mol. The molecule has 0 aliphatic heterocycles. The lowest BCUT2D eigenvalue weighted by molar-refractivity contribution is 0.0526. The lowest BCUT2D eigenvalue weighted by atomic mass is 10.2. The minimum Gasteiger partial charge on any atom is -0.462 e. The fourth-order valence-electron chi connectivity index (χ4n) is 2.10. The molecule has 18 heavy (non-hydrogen) atoms. The summed E-state index contributed by atoms with van der Waals surface area (Å²) in [6.45, 7) is 7.26. The molecule has 0 radical (unpaired) electrons. The number of rotatable bonds is 4. The molecule has 0 bridgehead atoms. The van der Waals surface area contributed by atoms with E-state index in [1.807, 2.05) is 13.0 Å². The SMILES string of the molecule is CCCn1c(C)nc2cc(C(=O)OCC)ccc21. The van der Waals surface area contributed by atoms with Gasteiger partial charge in [0, 0.05) is 6.54 Å². The van der Waals surface area contributed by atoms with Gasteiger partial charge in [0.2, 0.25) is 0 Å². The Morgan fingerprint density at radius 1 is 1.39 bits per heavy atom. The number of nitrogens with zero attached hydrogens (tertiary/aromatic N) is 2. The van der Waals surface area contributed by atoms with Crippen LogP contribution in [-0.4, -0.2) is 22.1 Å². The lowest BCUT2D eigenvalue weighted by Crippen LogP contribution is -2.04. The lowest BCUT2D eigenvalue weighted by Gasteiger charge is -2.05. The van der Waals surface area contributed by atoms with Crippen LogP contribution in [0.3, 0.4) is 0 Å². The summed E-state index contributed by atoms with van der Waals surface area (Å²) in [5, 5.41) is 0. The highest BCUT2D eigenvalue weighted by Gasteiger charge is 2.11. The van der Waals surface area contributed by atoms with Gasteiger partial charge in [0.1, 0.15) is 5.82 Å². The van der Waals surface area contributed by atoms with Gasteiger partial charge in [-0.15, -0.1) is 0 Å². The van der Waals surface area contributed by atoms with E-state index in [1.165, 1.54) is 0 Å². The van der Waals surface area contributed by atoms with E-state index in [4.69, 9.17) is 4.74 Å². The molecule has 0 N–H and O–H groups in total. The van der Waals surface area contributed by atoms with E-state index in [2.05, 4.69) is 16.5 Å². The molecule has 0 atom stereocenters. The largest absolute Gasteiger partial charge is 0.462 e. The average molecular weight is 246 g/mol. The first-order valence-corrected chi connectivity index (χ1v) is 6.31. The van der Waals surface area contributed by atoms with E-state index in [0.29, 0.717) is 12.2 Å². The monoisotopic (exact) mass is 246 g/mol. The molecule has 4 nitrogen and oxygen atoms in total. The van der Waals surface area contributed by atoms with E-state index in [-0.39, 0.29) is 5.97 Å². The summed E-state index contributed by atoms with van der Waals surface area (Å²) in [6, 6.07) is 5.54. The Morgan fingerprint density at radius 2 is 2.17 bits per heavy atom. The number of aryl methyl sites for hydroxylation is 2. The number of fused-ring (bicyclic) bond motifs is 1. The second-order valence-corrected chi connectivity index (χ2v) is 4.23. The first kappa shape index (κ1) is 12.6. The molecule has 0 amide bonds. The van der Waals surface area contributed by atoms with Crippen LogP contribution in [-0.2, 0) is 11.3 Å². The van der Waals surface area contributed by atoms with Crippen molar-refractivity contribution in [2.75, 3.05) is 6.61 Å². The summed E-state index contributed by atoms with van der Waals surface area (Å²) in [5.74, 6) is 0.690. The molecule has 2 rings (SSSR count). The minimum atomic E-state index is -0.290. The van der Waals surface area contributed by atoms with Crippen molar-refractivity contribution in [2.24, 2.45) is 0 Å². The first-order valence-electron chi connectivity index (χ1n) is 6.31. The Balaban J connectivity index is 2.44. The van der Waals surface area contributed by atoms with Gasteiger partial charge in [-0.05, 0) is 38.5 Å². The van der Waals surface area contributed by atoms with Gasteiger partial charge in [-0.2, -0.15) is 0 Å². The zero-order valence-electron chi connectivity index (χ0n) is 11.1. The number of carbonyl (C=O) groups is 1. The Morgan fingerprint density at radius 3 is 2.83 bits per heavy atom. The maximum Gasteiger partial charge on any atom is 0.338 e. The summed E-state index contributed by atoms with van der Waals surface area (Å²) in [7, 11) is 0. The zero-order valence-corrected chi connectivity index (χ0v) is 11.1. The Bertz CT molecular complexity index is 572. The number of imidazole rings is 1. The standard InChI is InChI=1S/C14H18N2O2/c1-4-8-16-10(3)15-12-9-11(6-7-13(12)16)14(17)18-5-2/h6-7,9H,4-5,8H2,1-3H3. The van der Waals surface area contributed by atoms with Crippen molar-refractivity contribution in [2.45, 2.75) is 33.7 Å². The van der Waals surface area contributed by atoms with E-state index in [1.54, 1.807) is 19.1 Å². The molecular weight excluding hydrogens is 228 g/mol. The van der Waals surface area contributed by atoms with Crippen LogP contribution in [0.5, 0.6) is 0 Å². The molecule has 0 aliphatic carbocycles. The molecule has 96 valence electrons. The number of aromatic nitrogens is 2. The van der Waals surface area contributed by atoms with Crippen LogP contribution in [0, 0.1) is 6.92 Å². The fourth-order valence-corrected chi connectivity index (χ4v) is 2.10. The minimum absolute atomic E-state index is 0.290. The van der Waals surface area contributed by atoms with Crippen molar-refractivity contribution in [1.82, 2.24) is 9.55 Å². The third-order valence-corrected chi connectivity index (χ3v) is 2.90. The quantitative estimate of drug-likeness (QED) is 0.779. The van der Waals surface area contributed by atoms with Gasteiger partial charge in [0.25, 0.3) is 0 Å². The molecular formula is C14H18N2O2. The van der Waals surface area contributed by atoms with Gasteiger partial charge < -0.3 is 9.30 Å². The van der Waals surface area contributed by atoms with Crippen molar-refractivity contribution < 1.29 is 9.53 Å². The van der Waals surface area contributed by atoms with Crippen molar-refractivity contribution >= 4 is 17.0 Å². The number of esters is 1. The molecule has 1 aromatic carbocycles. The molecule has 0 saturated carbocycles. The molecule has 1 heterocycles. The highest BCUT2D eigenvalue weighted by Crippen LogP contribution is 2.18. The molecule has 0 aliphatic rings. The van der Waals surface area contributed by atoms with Crippen molar-refractivity contribution in [3.63, 3.8) is 0 Å². The maximum absolute atomic E-state index is 11.6. The zero-order chi connectivity index (χ0) is 13.1. The van der Waals surface area contributed by atoms with Crippen LogP contribution < -0.4 is 0 Å². The second kappa shape index (κ2) is 5.21. The van der Waals surface area contributed by atoms with Gasteiger partial charge in [-0.3, -0.25) is 0 Å². The Labute approximate surface area is 107 Å². The molecule has 0 fully saturated rings. The molecule has 2 aromatic rings. The Kier molecular flexibility index (Phi) is 3.65. The Hall–Kier alpha value is -1.84. The highest BCUT2D eigenvalue weighted by atomic mass is 16.5. The molecule has 0 saturated heterocycles. The van der Waals surface area contributed by atoms with Gasteiger partial charge in [0.05, 0.1) is 23.2 Å². The van der Waals surface area contributed by atoms with Gasteiger partial charge in [-0.25, -0.2) is 9.78 Å². The van der Waals surface area contributed by atoms with Crippen LogP contribution in [0.15, 0.2) is 18.2 Å². The van der Waals surface area contributed by atoms with Gasteiger partial charge >= 0.3 is 5.97 Å². The van der Waals surface area contributed by atoms with Crippen LogP contribution in [0.2, 0.25) is 0 Å². The third-order valence-electron chi connectivity index (χ3n) is 2.90. The van der Waals surface area contributed by atoms with Crippen molar-refractivity contribution in [1.29, 1.82) is 0 Å². The van der Waals surface area contributed by atoms with Crippen molar-refractivity contribution in [3.8, 4) is 0 Å². The normalized spacial score (nSPS) is 10.8. The van der Waals surface area contributed by atoms with E-state index in [0.717, 1.165) is 29.8 Å². The van der Waals surface area contributed by atoms with Gasteiger partial charge in [0.15, 0.2) is 0 Å². The van der Waals surface area contributed by atoms with E-state index in [9.17, 15) is 4.79 Å². The first-order chi connectivity index (χ1) is 8.67. The summed E-state index contributed by atoms with van der Waals surface area (Å²) < 4.78 is 7.16. The molecule has 0 unspecified atom stereocenters. The van der Waals surface area contributed by atoms with E-state index < -0.39 is 0 Å². The van der Waals surface area contributed by atoms with Crippen LogP contribution >= 0.6 is 0 Å². The average Bonchev–Trinajstić information content (AvgIpc) is 2.66. The maximum atomic E-state index is 11.6. The summed E-state index contributed by atoms with van der Waals surface area (Å²) in [5.41, 5.74) is 2.49. The summed E-state index contributed by atoms with van der Waals surface area (Å²) in [6.07, 6.45) is 1.06. The predicted octanol–water partition coefficient (Wildman–Crippen LogP) is 2.93. The highest BCUT2D eigenvalue weighted by molar-refractivity contribution is 5.93. The fraction of sp³-hybridized carbons (Fsp3) is 0.429. The number of hydrogen-bond acceptors (Lipinski definition) is 3. The van der Waals surface area contributed by atoms with Crippen LogP contribution in [0.25, 0.3) is 11.0 Å². The van der Waals surface area contributed by atoms with Gasteiger partial charge in [-0.1, -0.05) is 6.92 Å². The van der Waals surface area contributed by atoms with Crippen LogP contribution in [0.4, 0.5) is 0 Å². The second-order valence-electron chi connectivity index (χ2n) is 4.23. The number of carbonyl (C=O) groups excluding carboxylic acids is 1. The number of hydrogen-bond donors (Lipinski definition) is 0. The van der Waals surface area contributed by atoms with E-state index >= 15 is 0 Å². The summed E-state index contributed by atoms with van der Waals surface area (Å²) in [4.78, 5) is 16.1. The summed E-state index contributed by atoms with van der Waals surface area (Å²) >= 11 is 0. The molecule has 1 aromatic heterocycles. The van der Waals surface area contributed by atoms with Crippen LogP contribution in [0.1, 0.15) is 36.5 Å². The smallest absolute Gasteiger partial charge is 0.338 e. The number of benzene rings is 1. The van der Waals surface area contributed by atoms with Crippen molar-refractivity contribution in [3.05, 3.63) is 29.6 Å². The molecule has 0 spiro atoms.